The number of fused-ring (bicyclic) bond motifs is 7. The number of hydrogen-bond acceptors (Lipinski definition) is 4. The minimum Gasteiger partial charge on any atom is -0.481 e. The summed E-state index contributed by atoms with van der Waals surface area (Å²) in [4.78, 5) is 25.3. The van der Waals surface area contributed by atoms with Crippen molar-refractivity contribution in [3.63, 3.8) is 0 Å². The molecule has 0 unspecified atom stereocenters. The minimum absolute atomic E-state index is 0.0262. The van der Waals surface area contributed by atoms with Crippen LogP contribution in [0.25, 0.3) is 0 Å². The summed E-state index contributed by atoms with van der Waals surface area (Å²) in [7, 11) is 0. The molecular weight excluding hydrogens is 456 g/mol. The van der Waals surface area contributed by atoms with Gasteiger partial charge in [0.15, 0.2) is 0 Å². The fourth-order valence-electron chi connectivity index (χ4n) is 11.6. The Bertz CT molecular complexity index is 992. The second kappa shape index (κ2) is 7.81. The molecule has 6 nitrogen and oxygen atoms in total. The van der Waals surface area contributed by atoms with Crippen LogP contribution < -0.4 is 0 Å². The van der Waals surface area contributed by atoms with Crippen LogP contribution in [0.15, 0.2) is 12.2 Å². The minimum atomic E-state index is -1.23. The average molecular weight is 503 g/mol. The first kappa shape index (κ1) is 26.2. The van der Waals surface area contributed by atoms with Crippen molar-refractivity contribution in [2.45, 2.75) is 105 Å². The van der Waals surface area contributed by atoms with Crippen molar-refractivity contribution in [3.05, 3.63) is 12.2 Å². The fraction of sp³-hybridized carbons (Fsp3) is 0.867. The maximum Gasteiger partial charge on any atom is 0.312 e. The Morgan fingerprint density at radius 2 is 1.50 bits per heavy atom. The van der Waals surface area contributed by atoms with E-state index in [2.05, 4.69) is 27.4 Å². The highest BCUT2D eigenvalue weighted by atomic mass is 16.4. The predicted octanol–water partition coefficient (Wildman–Crippen LogP) is 5.13. The van der Waals surface area contributed by atoms with E-state index in [9.17, 15) is 30.0 Å². The van der Waals surface area contributed by atoms with Gasteiger partial charge in [-0.05, 0) is 117 Å². The van der Waals surface area contributed by atoms with E-state index in [1.54, 1.807) is 6.92 Å². The predicted molar refractivity (Wildman–Crippen MR) is 136 cm³/mol. The van der Waals surface area contributed by atoms with Crippen molar-refractivity contribution in [1.29, 1.82) is 0 Å². The van der Waals surface area contributed by atoms with Crippen molar-refractivity contribution in [2.24, 2.45) is 56.7 Å². The van der Waals surface area contributed by atoms with Gasteiger partial charge in [-0.15, -0.1) is 0 Å². The topological polar surface area (TPSA) is 115 Å². The fourth-order valence-corrected chi connectivity index (χ4v) is 11.6. The summed E-state index contributed by atoms with van der Waals surface area (Å²) in [5.74, 6) is -1.71. The maximum atomic E-state index is 12.8. The lowest BCUT2D eigenvalue weighted by Crippen LogP contribution is -2.71. The van der Waals surface area contributed by atoms with Crippen LogP contribution in [0, 0.1) is 56.7 Å². The zero-order valence-corrected chi connectivity index (χ0v) is 22.7. The lowest BCUT2D eigenvalue weighted by atomic mass is 9.31. The van der Waals surface area contributed by atoms with E-state index in [-0.39, 0.29) is 40.4 Å². The number of carboxylic acids is 2. The van der Waals surface area contributed by atoms with E-state index >= 15 is 0 Å². The van der Waals surface area contributed by atoms with Crippen LogP contribution >= 0.6 is 0 Å². The van der Waals surface area contributed by atoms with Crippen LogP contribution in [0.1, 0.15) is 92.4 Å². The number of allylic oxidation sites excluding steroid dienone is 1. The quantitative estimate of drug-likeness (QED) is 0.398. The van der Waals surface area contributed by atoms with Crippen LogP contribution in [0.4, 0.5) is 0 Å². The molecule has 36 heavy (non-hydrogen) atoms. The van der Waals surface area contributed by atoms with Gasteiger partial charge in [0, 0.05) is 0 Å². The maximum absolute atomic E-state index is 12.8. The molecule has 0 aromatic carbocycles. The Morgan fingerprint density at radius 1 is 0.833 bits per heavy atom. The third-order valence-electron chi connectivity index (χ3n) is 13.5. The zero-order chi connectivity index (χ0) is 26.6. The summed E-state index contributed by atoms with van der Waals surface area (Å²) in [6.45, 7) is 14.9. The van der Waals surface area contributed by atoms with Gasteiger partial charge in [-0.3, -0.25) is 9.59 Å². The summed E-state index contributed by atoms with van der Waals surface area (Å²) in [6.07, 6.45) is 4.71. The second-order valence-corrected chi connectivity index (χ2v) is 14.4. The molecule has 4 N–H and O–H groups in total. The first-order valence-corrected chi connectivity index (χ1v) is 14.1. The number of carboxylic acid groups (broad SMARTS) is 2. The Morgan fingerprint density at radius 3 is 2.08 bits per heavy atom. The van der Waals surface area contributed by atoms with E-state index in [1.807, 2.05) is 6.92 Å². The smallest absolute Gasteiger partial charge is 0.312 e. The summed E-state index contributed by atoms with van der Waals surface area (Å²) >= 11 is 0. The number of hydrogen-bond donors (Lipinski definition) is 4. The summed E-state index contributed by atoms with van der Waals surface area (Å²) < 4.78 is 0. The zero-order valence-electron chi connectivity index (χ0n) is 22.7. The molecule has 0 radical (unpaired) electrons. The van der Waals surface area contributed by atoms with Gasteiger partial charge in [0.05, 0.1) is 23.0 Å². The first-order chi connectivity index (χ1) is 16.6. The molecule has 12 atom stereocenters. The van der Waals surface area contributed by atoms with E-state index in [0.29, 0.717) is 38.5 Å². The van der Waals surface area contributed by atoms with Gasteiger partial charge < -0.3 is 20.4 Å². The number of aliphatic carboxylic acids is 2. The van der Waals surface area contributed by atoms with Crippen LogP contribution in [-0.4, -0.2) is 44.6 Å². The molecule has 5 saturated carbocycles. The summed E-state index contributed by atoms with van der Waals surface area (Å²) in [5.41, 5.74) is -1.71. The Balaban J connectivity index is 1.61. The number of aliphatic hydroxyl groups is 2. The van der Waals surface area contributed by atoms with E-state index in [0.717, 1.165) is 24.8 Å². The molecule has 6 heteroatoms. The Hall–Kier alpha value is -1.40. The van der Waals surface area contributed by atoms with Gasteiger partial charge in [-0.2, -0.15) is 0 Å². The number of aliphatic hydroxyl groups excluding tert-OH is 2. The van der Waals surface area contributed by atoms with Gasteiger partial charge in [-0.1, -0.05) is 32.9 Å². The van der Waals surface area contributed by atoms with Crippen molar-refractivity contribution >= 4 is 11.9 Å². The van der Waals surface area contributed by atoms with Crippen molar-refractivity contribution < 1.29 is 30.0 Å². The normalized spacial score (nSPS) is 56.0. The third kappa shape index (κ3) is 2.86. The number of carbonyl (C=O) groups is 2. The van der Waals surface area contributed by atoms with Gasteiger partial charge in [-0.25, -0.2) is 0 Å². The second-order valence-electron chi connectivity index (χ2n) is 14.4. The molecule has 5 rings (SSSR count). The molecule has 5 aliphatic carbocycles. The molecule has 5 fully saturated rings. The van der Waals surface area contributed by atoms with Gasteiger partial charge in [0.25, 0.3) is 0 Å². The van der Waals surface area contributed by atoms with Crippen LogP contribution in [-0.2, 0) is 9.59 Å². The third-order valence-corrected chi connectivity index (χ3v) is 13.5. The lowest BCUT2D eigenvalue weighted by molar-refractivity contribution is -0.277. The van der Waals surface area contributed by atoms with E-state index < -0.39 is 40.4 Å². The SMILES string of the molecule is C=C(C)[C@@H]1CC[C@]2(C(=O)O)CC[C@]3(C)[C@H](C[C@@H](O)[C@@H]4[C@@]5(C)CC[C@@H](O)[C@@](C)(C(=O)O)[C@@H]5CC[C@]43C)[C@@H]12. The summed E-state index contributed by atoms with van der Waals surface area (Å²) in [6, 6.07) is 0. The highest BCUT2D eigenvalue weighted by molar-refractivity contribution is 5.76. The highest BCUT2D eigenvalue weighted by Gasteiger charge is 2.74. The molecular formula is C30H46O6. The molecule has 0 amide bonds. The van der Waals surface area contributed by atoms with Gasteiger partial charge in [0.1, 0.15) is 0 Å². The van der Waals surface area contributed by atoms with Crippen LogP contribution in [0.5, 0.6) is 0 Å². The molecule has 5 aliphatic rings. The molecule has 202 valence electrons. The van der Waals surface area contributed by atoms with Gasteiger partial charge in [0.2, 0.25) is 0 Å². The van der Waals surface area contributed by atoms with Crippen molar-refractivity contribution in [3.8, 4) is 0 Å². The Labute approximate surface area is 215 Å². The van der Waals surface area contributed by atoms with Crippen molar-refractivity contribution in [1.82, 2.24) is 0 Å². The van der Waals surface area contributed by atoms with E-state index in [1.165, 1.54) is 0 Å². The molecule has 0 heterocycles. The monoisotopic (exact) mass is 502 g/mol. The van der Waals surface area contributed by atoms with Gasteiger partial charge >= 0.3 is 11.9 Å². The summed E-state index contributed by atoms with van der Waals surface area (Å²) in [5, 5.41) is 43.6. The molecule has 0 saturated heterocycles. The molecule has 0 bridgehead atoms. The van der Waals surface area contributed by atoms with Crippen molar-refractivity contribution in [2.75, 3.05) is 0 Å². The average Bonchev–Trinajstić information content (AvgIpc) is 3.19. The van der Waals surface area contributed by atoms with Crippen LogP contribution in [0.2, 0.25) is 0 Å². The van der Waals surface area contributed by atoms with Crippen LogP contribution in [0.3, 0.4) is 0 Å². The largest absolute Gasteiger partial charge is 0.481 e. The lowest BCUT2D eigenvalue weighted by Gasteiger charge is -2.73. The standard InChI is InChI=1S/C30H46O6/c1-16(2)17-7-12-30(25(35)36)14-13-27(4)18(22(17)30)15-19(31)23-26(3)10-9-21(32)29(6,24(33)34)20(26)8-11-28(23,27)5/h17-23,31-32H,1,7-15H2,2-6H3,(H,33,34)(H,35,36)/t17-,18+,19+,20+,21+,22+,23+,26-,27+,28+,29-,30-/m0/s1. The van der Waals surface area contributed by atoms with E-state index in [4.69, 9.17) is 0 Å². The molecule has 0 aliphatic heterocycles. The molecule has 0 aromatic heterocycles. The molecule has 0 spiro atoms. The Kier molecular flexibility index (Phi) is 5.69. The molecule has 0 aromatic rings. The highest BCUT2D eigenvalue weighted by Crippen LogP contribution is 2.77. The number of rotatable bonds is 3. The first-order valence-electron chi connectivity index (χ1n) is 14.1.